The van der Waals surface area contributed by atoms with Gasteiger partial charge in [0.05, 0.1) is 22.7 Å². The van der Waals surface area contributed by atoms with Gasteiger partial charge in [-0.25, -0.2) is 9.97 Å². The second-order valence-electron chi connectivity index (χ2n) is 4.55. The molecule has 0 aliphatic rings. The summed E-state index contributed by atoms with van der Waals surface area (Å²) >= 11 is 9.77. The van der Waals surface area contributed by atoms with Crippen molar-refractivity contribution < 1.29 is 0 Å². The fourth-order valence-corrected chi connectivity index (χ4v) is 2.89. The molecule has 0 aliphatic carbocycles. The van der Waals surface area contributed by atoms with Crippen molar-refractivity contribution in [1.29, 1.82) is 5.26 Å². The summed E-state index contributed by atoms with van der Waals surface area (Å²) in [5.74, 6) is 0.718. The minimum atomic E-state index is -0.262. The Morgan fingerprint density at radius 1 is 1.38 bits per heavy atom. The number of halogens is 2. The summed E-state index contributed by atoms with van der Waals surface area (Å²) in [5.41, 5.74) is 2.97. The van der Waals surface area contributed by atoms with Crippen LogP contribution in [0.1, 0.15) is 23.7 Å². The van der Waals surface area contributed by atoms with E-state index in [9.17, 15) is 0 Å². The molecule has 0 saturated carbocycles. The van der Waals surface area contributed by atoms with Crippen molar-refractivity contribution in [2.45, 2.75) is 12.3 Å². The number of alkyl halides is 1. The van der Waals surface area contributed by atoms with Gasteiger partial charge in [-0.05, 0) is 53.2 Å². The summed E-state index contributed by atoms with van der Waals surface area (Å²) in [5, 5.41) is 8.71. The summed E-state index contributed by atoms with van der Waals surface area (Å²) in [6, 6.07) is 11.3. The predicted octanol–water partition coefficient (Wildman–Crippen LogP) is 4.35. The van der Waals surface area contributed by atoms with Gasteiger partial charge in [0.1, 0.15) is 11.3 Å². The van der Waals surface area contributed by atoms with Crippen molar-refractivity contribution in [3.05, 3.63) is 52.4 Å². The molecule has 3 aromatic rings. The first-order valence-electron chi connectivity index (χ1n) is 6.29. The van der Waals surface area contributed by atoms with E-state index in [2.05, 4.69) is 32.0 Å². The van der Waals surface area contributed by atoms with Crippen LogP contribution in [0.25, 0.3) is 16.9 Å². The molecule has 1 atom stereocenters. The molecule has 1 unspecified atom stereocenters. The Morgan fingerprint density at radius 2 is 2.19 bits per heavy atom. The molecule has 0 aliphatic heterocycles. The second kappa shape index (κ2) is 5.47. The standard InChI is InChI=1S/C15H10BrClN4/c1-9(17)14-20-12-3-2-6-19-15(12)21(14)13-5-4-10(8-18)7-11(13)16/h2-7,9H,1H3. The van der Waals surface area contributed by atoms with Crippen LogP contribution >= 0.6 is 27.5 Å². The molecule has 0 N–H and O–H groups in total. The predicted molar refractivity (Wildman–Crippen MR) is 85.5 cm³/mol. The molecular formula is C15H10BrClN4. The van der Waals surface area contributed by atoms with Gasteiger partial charge < -0.3 is 0 Å². The molecule has 4 nitrogen and oxygen atoms in total. The molecule has 0 spiro atoms. The lowest BCUT2D eigenvalue weighted by atomic mass is 10.2. The Balaban J connectivity index is 2.33. The van der Waals surface area contributed by atoms with Gasteiger partial charge in [0, 0.05) is 10.7 Å². The van der Waals surface area contributed by atoms with E-state index in [1.807, 2.05) is 29.7 Å². The van der Waals surface area contributed by atoms with E-state index in [1.54, 1.807) is 18.3 Å². The molecule has 2 heterocycles. The Kier molecular flexibility index (Phi) is 3.66. The smallest absolute Gasteiger partial charge is 0.164 e. The minimum absolute atomic E-state index is 0.262. The lowest BCUT2D eigenvalue weighted by molar-refractivity contribution is 0.874. The van der Waals surface area contributed by atoms with Crippen LogP contribution in [0.5, 0.6) is 0 Å². The molecule has 1 aromatic carbocycles. The highest BCUT2D eigenvalue weighted by atomic mass is 79.9. The van der Waals surface area contributed by atoms with Crippen LogP contribution in [0.15, 0.2) is 41.0 Å². The number of pyridine rings is 1. The Labute approximate surface area is 135 Å². The maximum absolute atomic E-state index is 8.97. The van der Waals surface area contributed by atoms with Gasteiger partial charge in [-0.15, -0.1) is 11.6 Å². The number of hydrogen-bond acceptors (Lipinski definition) is 3. The Bertz CT molecular complexity index is 864. The largest absolute Gasteiger partial charge is 0.278 e. The van der Waals surface area contributed by atoms with Gasteiger partial charge in [0.15, 0.2) is 5.65 Å². The van der Waals surface area contributed by atoms with Gasteiger partial charge in [-0.3, -0.25) is 4.57 Å². The van der Waals surface area contributed by atoms with E-state index in [0.717, 1.165) is 27.1 Å². The van der Waals surface area contributed by atoms with Crippen molar-refractivity contribution in [2.75, 3.05) is 0 Å². The number of imidazole rings is 1. The summed E-state index contributed by atoms with van der Waals surface area (Å²) in [6.07, 6.45) is 1.72. The van der Waals surface area contributed by atoms with Gasteiger partial charge in [-0.2, -0.15) is 5.26 Å². The number of nitrogens with zero attached hydrogens (tertiary/aromatic N) is 4. The first kappa shape index (κ1) is 14.1. The van der Waals surface area contributed by atoms with E-state index < -0.39 is 0 Å². The molecule has 104 valence electrons. The maximum Gasteiger partial charge on any atom is 0.164 e. The van der Waals surface area contributed by atoms with Gasteiger partial charge in [0.2, 0.25) is 0 Å². The van der Waals surface area contributed by atoms with E-state index in [-0.39, 0.29) is 5.38 Å². The summed E-state index contributed by atoms with van der Waals surface area (Å²) in [4.78, 5) is 8.96. The van der Waals surface area contributed by atoms with Crippen LogP contribution in [0, 0.1) is 11.3 Å². The number of rotatable bonds is 2. The zero-order valence-electron chi connectivity index (χ0n) is 11.1. The van der Waals surface area contributed by atoms with E-state index in [4.69, 9.17) is 16.9 Å². The zero-order valence-corrected chi connectivity index (χ0v) is 13.4. The zero-order chi connectivity index (χ0) is 15.0. The number of nitriles is 1. The van der Waals surface area contributed by atoms with Crippen LogP contribution in [0.3, 0.4) is 0 Å². The normalized spacial score (nSPS) is 12.3. The van der Waals surface area contributed by atoms with Gasteiger partial charge >= 0.3 is 0 Å². The van der Waals surface area contributed by atoms with Gasteiger partial charge in [0.25, 0.3) is 0 Å². The SMILES string of the molecule is CC(Cl)c1nc2cccnc2n1-c1ccc(C#N)cc1Br. The van der Waals surface area contributed by atoms with Crippen molar-refractivity contribution in [1.82, 2.24) is 14.5 Å². The molecule has 3 rings (SSSR count). The third-order valence-electron chi connectivity index (χ3n) is 3.12. The Morgan fingerprint density at radius 3 is 2.86 bits per heavy atom. The first-order chi connectivity index (χ1) is 10.1. The maximum atomic E-state index is 8.97. The topological polar surface area (TPSA) is 54.5 Å². The van der Waals surface area contributed by atoms with Crippen LogP contribution in [-0.2, 0) is 0 Å². The third-order valence-corrected chi connectivity index (χ3v) is 3.95. The van der Waals surface area contributed by atoms with Gasteiger partial charge in [-0.1, -0.05) is 0 Å². The molecule has 0 bridgehead atoms. The van der Waals surface area contributed by atoms with Crippen molar-refractivity contribution >= 4 is 38.7 Å². The van der Waals surface area contributed by atoms with E-state index in [1.165, 1.54) is 0 Å². The first-order valence-corrected chi connectivity index (χ1v) is 7.52. The van der Waals surface area contributed by atoms with Crippen LogP contribution in [-0.4, -0.2) is 14.5 Å². The molecule has 0 radical (unpaired) electrons. The number of aromatic nitrogens is 3. The van der Waals surface area contributed by atoms with Crippen molar-refractivity contribution in [3.8, 4) is 11.8 Å². The molecular weight excluding hydrogens is 352 g/mol. The quantitative estimate of drug-likeness (QED) is 0.637. The molecule has 0 fully saturated rings. The van der Waals surface area contributed by atoms with Crippen LogP contribution < -0.4 is 0 Å². The highest BCUT2D eigenvalue weighted by Gasteiger charge is 2.18. The average Bonchev–Trinajstić information content (AvgIpc) is 2.86. The number of fused-ring (bicyclic) bond motifs is 1. The lowest BCUT2D eigenvalue weighted by Gasteiger charge is -2.12. The Hall–Kier alpha value is -1.90. The summed E-state index contributed by atoms with van der Waals surface area (Å²) in [7, 11) is 0. The monoisotopic (exact) mass is 360 g/mol. The average molecular weight is 362 g/mol. The van der Waals surface area contributed by atoms with Crippen molar-refractivity contribution in [2.24, 2.45) is 0 Å². The van der Waals surface area contributed by atoms with E-state index in [0.29, 0.717) is 5.56 Å². The fraction of sp³-hybridized carbons (Fsp3) is 0.133. The van der Waals surface area contributed by atoms with Crippen molar-refractivity contribution in [3.63, 3.8) is 0 Å². The number of benzene rings is 1. The third kappa shape index (κ3) is 2.41. The minimum Gasteiger partial charge on any atom is -0.278 e. The highest BCUT2D eigenvalue weighted by Crippen LogP contribution is 2.31. The number of hydrogen-bond donors (Lipinski definition) is 0. The molecule has 0 saturated heterocycles. The highest BCUT2D eigenvalue weighted by molar-refractivity contribution is 9.10. The lowest BCUT2D eigenvalue weighted by Crippen LogP contribution is -2.03. The molecule has 6 heteroatoms. The summed E-state index contributed by atoms with van der Waals surface area (Å²) in [6.45, 7) is 1.87. The molecule has 2 aromatic heterocycles. The van der Waals surface area contributed by atoms with Crippen LogP contribution in [0.4, 0.5) is 0 Å². The molecule has 0 amide bonds. The summed E-state index contributed by atoms with van der Waals surface area (Å²) < 4.78 is 2.71. The molecule has 21 heavy (non-hydrogen) atoms. The second-order valence-corrected chi connectivity index (χ2v) is 6.05. The van der Waals surface area contributed by atoms with Crippen LogP contribution in [0.2, 0.25) is 0 Å². The van der Waals surface area contributed by atoms with E-state index >= 15 is 0 Å². The fourth-order valence-electron chi connectivity index (χ4n) is 2.19.